The Bertz CT molecular complexity index is 1320. The van der Waals surface area contributed by atoms with E-state index in [1.807, 2.05) is 0 Å². The molecule has 1 fully saturated rings. The van der Waals surface area contributed by atoms with Crippen molar-refractivity contribution in [1.82, 2.24) is 9.55 Å². The van der Waals surface area contributed by atoms with Crippen LogP contribution in [0.3, 0.4) is 0 Å². The molecule has 13 heteroatoms. The van der Waals surface area contributed by atoms with Crippen LogP contribution in [0, 0.1) is 5.82 Å². The third kappa shape index (κ3) is 10.6. The lowest BCUT2D eigenvalue weighted by Crippen LogP contribution is -2.48. The molecule has 0 spiro atoms. The van der Waals surface area contributed by atoms with Crippen LogP contribution in [0.5, 0.6) is 0 Å². The number of rotatable bonds is 20. The van der Waals surface area contributed by atoms with Crippen molar-refractivity contribution in [1.29, 1.82) is 0 Å². The number of carbonyl (C=O) groups excluding carboxylic acids is 1. The molecule has 1 unspecified atom stereocenters. The number of phosphoric acid groups is 1. The van der Waals surface area contributed by atoms with E-state index in [2.05, 4.69) is 6.92 Å². The maximum atomic E-state index is 13.9. The minimum Gasteiger partial charge on any atom is -0.379 e. The summed E-state index contributed by atoms with van der Waals surface area (Å²) in [4.78, 5) is 49.1. The number of Topliss-reactive ketones (excluding diaryl/α,β-unsaturated/α-hetero) is 1. The fourth-order valence-corrected chi connectivity index (χ4v) is 5.92. The normalized spacial score (nSPS) is 21.6. The van der Waals surface area contributed by atoms with Gasteiger partial charge in [-0.2, -0.15) is 4.39 Å². The molecule has 2 heterocycles. The van der Waals surface area contributed by atoms with E-state index in [1.54, 1.807) is 23.2 Å². The molecule has 1 saturated heterocycles. The summed E-state index contributed by atoms with van der Waals surface area (Å²) in [5.74, 6) is -2.06. The number of nitrogens with one attached hydrogen (secondary N) is 1. The molecule has 0 saturated carbocycles. The molecule has 43 heavy (non-hydrogen) atoms. The predicted octanol–water partition coefficient (Wildman–Crippen LogP) is 5.41. The van der Waals surface area contributed by atoms with Gasteiger partial charge in [0.1, 0.15) is 12.3 Å². The van der Waals surface area contributed by atoms with Gasteiger partial charge < -0.3 is 14.7 Å². The first-order valence-corrected chi connectivity index (χ1v) is 16.7. The predicted molar refractivity (Wildman–Crippen MR) is 158 cm³/mol. The molecular formula is C30H44FN2O9P. The highest BCUT2D eigenvalue weighted by Gasteiger charge is 2.54. The minimum absolute atomic E-state index is 0.0153. The lowest BCUT2D eigenvalue weighted by atomic mass is 9.86. The van der Waals surface area contributed by atoms with Gasteiger partial charge in [0.25, 0.3) is 5.56 Å². The van der Waals surface area contributed by atoms with Crippen LogP contribution in [0.1, 0.15) is 107 Å². The van der Waals surface area contributed by atoms with Crippen LogP contribution < -0.4 is 11.2 Å². The number of unbranched alkanes of at least 4 members (excludes halogenated alkanes) is 11. The Morgan fingerprint density at radius 3 is 2.21 bits per heavy atom. The smallest absolute Gasteiger partial charge is 0.379 e. The van der Waals surface area contributed by atoms with E-state index in [9.17, 15) is 33.3 Å². The van der Waals surface area contributed by atoms with Gasteiger partial charge >= 0.3 is 13.5 Å². The van der Waals surface area contributed by atoms with Gasteiger partial charge in [0.05, 0.1) is 19.4 Å². The van der Waals surface area contributed by atoms with Gasteiger partial charge in [-0.25, -0.2) is 9.36 Å². The van der Waals surface area contributed by atoms with Crippen molar-refractivity contribution in [2.24, 2.45) is 0 Å². The Kier molecular flexibility index (Phi) is 13.9. The number of halogens is 1. The van der Waals surface area contributed by atoms with E-state index in [0.29, 0.717) is 17.2 Å². The third-order valence-electron chi connectivity index (χ3n) is 7.64. The number of nitrogens with zero attached hydrogens (tertiary/aromatic N) is 1. The number of aliphatic hydroxyl groups is 1. The van der Waals surface area contributed by atoms with Crippen molar-refractivity contribution in [2.75, 3.05) is 13.2 Å². The maximum absolute atomic E-state index is 13.9. The average Bonchev–Trinajstić information content (AvgIpc) is 3.33. The molecule has 1 aromatic carbocycles. The summed E-state index contributed by atoms with van der Waals surface area (Å²) in [6, 6.07) is 7.77. The number of ether oxygens (including phenoxy) is 1. The second-order valence-electron chi connectivity index (χ2n) is 11.0. The lowest BCUT2D eigenvalue weighted by Gasteiger charge is -2.27. The molecule has 0 aliphatic carbocycles. The highest BCUT2D eigenvalue weighted by atomic mass is 31.2. The number of benzene rings is 1. The zero-order valence-electron chi connectivity index (χ0n) is 24.7. The summed E-state index contributed by atoms with van der Waals surface area (Å²) in [6.45, 7) is 1.46. The molecule has 4 atom stereocenters. The monoisotopic (exact) mass is 626 g/mol. The van der Waals surface area contributed by atoms with E-state index in [4.69, 9.17) is 13.8 Å². The quantitative estimate of drug-likeness (QED) is 0.0993. The molecule has 0 amide bonds. The average molecular weight is 627 g/mol. The van der Waals surface area contributed by atoms with Crippen molar-refractivity contribution in [2.45, 2.75) is 108 Å². The topological polar surface area (TPSA) is 157 Å². The molecule has 3 rings (SSSR count). The van der Waals surface area contributed by atoms with Crippen LogP contribution in [-0.2, 0) is 18.3 Å². The largest absolute Gasteiger partial charge is 0.472 e. The maximum Gasteiger partial charge on any atom is 0.472 e. The van der Waals surface area contributed by atoms with Crippen molar-refractivity contribution in [3.63, 3.8) is 0 Å². The molecule has 1 aliphatic rings. The highest BCUT2D eigenvalue weighted by Crippen LogP contribution is 2.46. The number of H-pyrrole nitrogens is 1. The van der Waals surface area contributed by atoms with Crippen LogP contribution in [-0.4, -0.2) is 50.3 Å². The fraction of sp³-hybridized carbons (Fsp3) is 0.633. The van der Waals surface area contributed by atoms with E-state index < -0.39 is 61.6 Å². The molecule has 240 valence electrons. The number of aromatic amines is 1. The van der Waals surface area contributed by atoms with Crippen molar-refractivity contribution in [3.05, 3.63) is 68.7 Å². The summed E-state index contributed by atoms with van der Waals surface area (Å²) < 4.78 is 43.1. The molecule has 0 radical (unpaired) electrons. The number of aromatic nitrogens is 2. The van der Waals surface area contributed by atoms with Gasteiger partial charge in [0, 0.05) is 12.0 Å². The van der Waals surface area contributed by atoms with E-state index in [1.165, 1.54) is 63.5 Å². The second-order valence-corrected chi connectivity index (χ2v) is 12.5. The second kappa shape index (κ2) is 17.1. The zero-order valence-corrected chi connectivity index (χ0v) is 25.6. The Morgan fingerprint density at radius 1 is 1.02 bits per heavy atom. The summed E-state index contributed by atoms with van der Waals surface area (Å²) in [7, 11) is -4.58. The van der Waals surface area contributed by atoms with Crippen LogP contribution in [0.2, 0.25) is 0 Å². The Balaban J connectivity index is 1.50. The number of hydrogen-bond donors (Lipinski definition) is 3. The first kappa shape index (κ1) is 35.0. The molecular weight excluding hydrogens is 582 g/mol. The van der Waals surface area contributed by atoms with Gasteiger partial charge in [-0.3, -0.25) is 28.2 Å². The van der Waals surface area contributed by atoms with Crippen LogP contribution in [0.4, 0.5) is 4.39 Å². The first-order chi connectivity index (χ1) is 20.6. The molecule has 3 N–H and O–H groups in total. The SMILES string of the molecule is CCCCCCCCCCCCCCOP(=O)(O)OC[C@H]1O[C@@H](n2cc(F)c(=O)[nH]c2=O)C[C@@]1(O)C(=O)c1ccccc1. The number of phosphoric ester groups is 1. The summed E-state index contributed by atoms with van der Waals surface area (Å²) >= 11 is 0. The third-order valence-corrected chi connectivity index (χ3v) is 8.63. The van der Waals surface area contributed by atoms with Gasteiger partial charge in [0.15, 0.2) is 11.4 Å². The van der Waals surface area contributed by atoms with Crippen LogP contribution in [0.15, 0.2) is 46.1 Å². The van der Waals surface area contributed by atoms with Crippen LogP contribution >= 0.6 is 7.82 Å². The van der Waals surface area contributed by atoms with Crippen molar-refractivity contribution in [3.8, 4) is 0 Å². The summed E-state index contributed by atoms with van der Waals surface area (Å²) in [5.41, 5.74) is -4.45. The standard InChI is InChI=1S/C30H44FN2O9P/c1-2-3-4-5-6-7-8-9-10-11-12-16-19-40-43(38,39)41-22-25-30(37,27(34)23-17-14-13-15-18-23)20-26(42-25)33-21-24(31)28(35)32-29(33)36/h13-15,17-18,21,25-26,37H,2-12,16,19-20,22H2,1H3,(H,38,39)(H,32,35,36)/t25-,26-,30+/m1/s1. The summed E-state index contributed by atoms with van der Waals surface area (Å²) in [6.07, 6.45) is 10.8. The van der Waals surface area contributed by atoms with Gasteiger partial charge in [-0.1, -0.05) is 108 Å². The van der Waals surface area contributed by atoms with Crippen molar-refractivity contribution >= 4 is 13.6 Å². The lowest BCUT2D eigenvalue weighted by molar-refractivity contribution is -0.0691. The number of ketones is 1. The van der Waals surface area contributed by atoms with Crippen LogP contribution in [0.25, 0.3) is 0 Å². The fourth-order valence-electron chi connectivity index (χ4n) is 5.16. The van der Waals surface area contributed by atoms with E-state index in [-0.39, 0.29) is 12.2 Å². The molecule has 11 nitrogen and oxygen atoms in total. The van der Waals surface area contributed by atoms with E-state index >= 15 is 0 Å². The Labute approximate surface area is 251 Å². The molecule has 1 aliphatic heterocycles. The molecule has 2 aromatic rings. The number of carbonyl (C=O) groups is 1. The van der Waals surface area contributed by atoms with Gasteiger partial charge in [0.2, 0.25) is 5.82 Å². The Hall–Kier alpha value is -2.47. The van der Waals surface area contributed by atoms with Crippen molar-refractivity contribution < 1.29 is 37.5 Å². The minimum atomic E-state index is -4.58. The zero-order chi connectivity index (χ0) is 31.3. The number of hydrogen-bond acceptors (Lipinski definition) is 8. The van der Waals surface area contributed by atoms with Gasteiger partial charge in [-0.15, -0.1) is 0 Å². The van der Waals surface area contributed by atoms with Gasteiger partial charge in [-0.05, 0) is 6.42 Å². The molecule has 0 bridgehead atoms. The molecule has 1 aromatic heterocycles. The first-order valence-electron chi connectivity index (χ1n) is 15.2. The van der Waals surface area contributed by atoms with E-state index in [0.717, 1.165) is 19.3 Å². The highest BCUT2D eigenvalue weighted by molar-refractivity contribution is 7.47. The summed E-state index contributed by atoms with van der Waals surface area (Å²) in [5, 5.41) is 11.5. The Morgan fingerprint density at radius 2 is 1.60 bits per heavy atom.